The van der Waals surface area contributed by atoms with Gasteiger partial charge in [-0.1, -0.05) is 12.8 Å². The second kappa shape index (κ2) is 7.33. The lowest BCUT2D eigenvalue weighted by Crippen LogP contribution is -2.48. The Balaban J connectivity index is 2.32. The van der Waals surface area contributed by atoms with Gasteiger partial charge in [0.25, 0.3) is 0 Å². The number of carbonyl (C=O) groups is 2. The molecule has 0 bridgehead atoms. The molecule has 0 aliphatic heterocycles. The van der Waals surface area contributed by atoms with E-state index in [-0.39, 0.29) is 5.91 Å². The van der Waals surface area contributed by atoms with Gasteiger partial charge in [0.1, 0.15) is 6.04 Å². The molecule has 0 saturated heterocycles. The number of ether oxygens (including phenoxy) is 1. The van der Waals surface area contributed by atoms with Crippen LogP contribution in [0.3, 0.4) is 0 Å². The summed E-state index contributed by atoms with van der Waals surface area (Å²) in [6.45, 7) is 0.547. The van der Waals surface area contributed by atoms with Crippen LogP contribution in [0.4, 0.5) is 0 Å². The van der Waals surface area contributed by atoms with E-state index in [1.54, 1.807) is 7.11 Å². The van der Waals surface area contributed by atoms with Gasteiger partial charge in [0.15, 0.2) is 0 Å². The van der Waals surface area contributed by atoms with Crippen LogP contribution in [0, 0.1) is 5.92 Å². The molecule has 1 amide bonds. The number of carboxylic acid groups (broad SMARTS) is 1. The molecule has 6 heteroatoms. The lowest BCUT2D eigenvalue weighted by Gasteiger charge is -2.17. The Labute approximate surface area is 107 Å². The van der Waals surface area contributed by atoms with Crippen LogP contribution in [0.1, 0.15) is 32.1 Å². The highest BCUT2D eigenvalue weighted by Crippen LogP contribution is 2.33. The molecule has 0 aromatic heterocycles. The van der Waals surface area contributed by atoms with Gasteiger partial charge in [-0.3, -0.25) is 4.79 Å². The average Bonchev–Trinajstić information content (AvgIpc) is 3.12. The zero-order valence-corrected chi connectivity index (χ0v) is 10.7. The molecule has 0 aromatic carbocycles. The van der Waals surface area contributed by atoms with Crippen molar-refractivity contribution in [3.63, 3.8) is 0 Å². The number of nitrogens with two attached hydrogens (primary N) is 1. The Morgan fingerprint density at radius 1 is 1.50 bits per heavy atom. The minimum Gasteiger partial charge on any atom is -0.480 e. The number of hydrogen-bond acceptors (Lipinski definition) is 4. The van der Waals surface area contributed by atoms with Crippen LogP contribution in [0.25, 0.3) is 0 Å². The Morgan fingerprint density at radius 3 is 2.67 bits per heavy atom. The van der Waals surface area contributed by atoms with E-state index in [0.717, 1.165) is 12.8 Å². The van der Waals surface area contributed by atoms with Crippen LogP contribution < -0.4 is 11.1 Å². The fourth-order valence-electron chi connectivity index (χ4n) is 1.77. The standard InChI is InChI=1S/C12H22N2O4/c1-18-6-2-3-9(13)11(15)14-10(12(16)17)7-8-4-5-8/h8-10H,2-7,13H2,1H3,(H,14,15)(H,16,17)/t9?,10-/m0/s1. The fourth-order valence-corrected chi connectivity index (χ4v) is 1.77. The number of carbonyl (C=O) groups excluding carboxylic acids is 1. The van der Waals surface area contributed by atoms with Gasteiger partial charge in [-0.05, 0) is 25.2 Å². The SMILES string of the molecule is COCCCC(N)C(=O)N[C@@H](CC1CC1)C(=O)O. The molecule has 0 heterocycles. The van der Waals surface area contributed by atoms with Crippen LogP contribution in [0.15, 0.2) is 0 Å². The monoisotopic (exact) mass is 258 g/mol. The summed E-state index contributed by atoms with van der Waals surface area (Å²) in [5.41, 5.74) is 5.69. The quantitative estimate of drug-likeness (QED) is 0.509. The lowest BCUT2D eigenvalue weighted by atomic mass is 10.1. The molecule has 0 radical (unpaired) electrons. The molecule has 4 N–H and O–H groups in total. The van der Waals surface area contributed by atoms with Crippen molar-refractivity contribution < 1.29 is 19.4 Å². The highest BCUT2D eigenvalue weighted by atomic mass is 16.5. The Bertz CT molecular complexity index is 292. The van der Waals surface area contributed by atoms with Crippen molar-refractivity contribution in [3.05, 3.63) is 0 Å². The first-order valence-electron chi connectivity index (χ1n) is 6.32. The number of amides is 1. The lowest BCUT2D eigenvalue weighted by molar-refractivity contribution is -0.142. The molecule has 2 atom stereocenters. The van der Waals surface area contributed by atoms with E-state index in [1.807, 2.05) is 0 Å². The first-order chi connectivity index (χ1) is 8.54. The summed E-state index contributed by atoms with van der Waals surface area (Å²) in [6.07, 6.45) is 3.80. The fraction of sp³-hybridized carbons (Fsp3) is 0.833. The molecule has 0 aromatic rings. The molecule has 1 aliphatic carbocycles. The summed E-state index contributed by atoms with van der Waals surface area (Å²) < 4.78 is 4.87. The molecule has 1 unspecified atom stereocenters. The summed E-state index contributed by atoms with van der Waals surface area (Å²) in [6, 6.07) is -1.47. The molecule has 6 nitrogen and oxygen atoms in total. The zero-order chi connectivity index (χ0) is 13.5. The van der Waals surface area contributed by atoms with E-state index >= 15 is 0 Å². The number of hydrogen-bond donors (Lipinski definition) is 3. The van der Waals surface area contributed by atoms with Gasteiger partial charge < -0.3 is 20.9 Å². The summed E-state index contributed by atoms with van der Waals surface area (Å²) in [4.78, 5) is 22.7. The van der Waals surface area contributed by atoms with E-state index in [0.29, 0.717) is 31.8 Å². The molecule has 1 fully saturated rings. The Kier molecular flexibility index (Phi) is 6.07. The highest BCUT2D eigenvalue weighted by molar-refractivity contribution is 5.86. The molecule has 1 saturated carbocycles. The minimum atomic E-state index is -0.987. The summed E-state index contributed by atoms with van der Waals surface area (Å²) in [7, 11) is 1.59. The second-order valence-electron chi connectivity index (χ2n) is 4.82. The number of carboxylic acids is 1. The smallest absolute Gasteiger partial charge is 0.326 e. The van der Waals surface area contributed by atoms with Crippen LogP contribution in [-0.2, 0) is 14.3 Å². The Hall–Kier alpha value is -1.14. The normalized spacial score (nSPS) is 18.1. The molecule has 104 valence electrons. The van der Waals surface area contributed by atoms with E-state index in [9.17, 15) is 9.59 Å². The largest absolute Gasteiger partial charge is 0.480 e. The van der Waals surface area contributed by atoms with E-state index in [1.165, 1.54) is 0 Å². The summed E-state index contributed by atoms with van der Waals surface area (Å²) in [5.74, 6) is -0.936. The van der Waals surface area contributed by atoms with Gasteiger partial charge in [-0.15, -0.1) is 0 Å². The van der Waals surface area contributed by atoms with Crippen LogP contribution >= 0.6 is 0 Å². The van der Waals surface area contributed by atoms with E-state index in [4.69, 9.17) is 15.6 Å². The van der Waals surface area contributed by atoms with Crippen molar-refractivity contribution in [1.82, 2.24) is 5.32 Å². The molecule has 1 aliphatic rings. The Morgan fingerprint density at radius 2 is 2.17 bits per heavy atom. The van der Waals surface area contributed by atoms with Crippen molar-refractivity contribution >= 4 is 11.9 Å². The van der Waals surface area contributed by atoms with Crippen molar-refractivity contribution in [2.75, 3.05) is 13.7 Å². The first-order valence-corrected chi connectivity index (χ1v) is 6.32. The number of aliphatic carboxylic acids is 1. The van der Waals surface area contributed by atoms with Gasteiger partial charge in [-0.25, -0.2) is 4.79 Å². The third kappa shape index (κ3) is 5.46. The summed E-state index contributed by atoms with van der Waals surface area (Å²) >= 11 is 0. The first kappa shape index (κ1) is 14.9. The van der Waals surface area contributed by atoms with E-state index in [2.05, 4.69) is 5.32 Å². The van der Waals surface area contributed by atoms with Crippen molar-refractivity contribution in [2.45, 2.75) is 44.2 Å². The summed E-state index contributed by atoms with van der Waals surface area (Å²) in [5, 5.41) is 11.5. The molecular formula is C12H22N2O4. The van der Waals surface area contributed by atoms with Gasteiger partial charge in [-0.2, -0.15) is 0 Å². The molecule has 0 spiro atoms. The number of rotatable bonds is 9. The number of nitrogens with one attached hydrogen (secondary N) is 1. The van der Waals surface area contributed by atoms with Crippen molar-refractivity contribution in [3.8, 4) is 0 Å². The maximum atomic E-state index is 11.7. The van der Waals surface area contributed by atoms with Gasteiger partial charge >= 0.3 is 5.97 Å². The van der Waals surface area contributed by atoms with Crippen LogP contribution in [0.5, 0.6) is 0 Å². The van der Waals surface area contributed by atoms with Crippen molar-refractivity contribution in [1.29, 1.82) is 0 Å². The molecular weight excluding hydrogens is 236 g/mol. The average molecular weight is 258 g/mol. The zero-order valence-electron chi connectivity index (χ0n) is 10.7. The third-order valence-electron chi connectivity index (χ3n) is 3.08. The van der Waals surface area contributed by atoms with Crippen LogP contribution in [-0.4, -0.2) is 42.8 Å². The number of methoxy groups -OCH3 is 1. The van der Waals surface area contributed by atoms with Crippen LogP contribution in [0.2, 0.25) is 0 Å². The minimum absolute atomic E-state index is 0.390. The van der Waals surface area contributed by atoms with Crippen molar-refractivity contribution in [2.24, 2.45) is 11.7 Å². The predicted octanol–water partition coefficient (Wildman–Crippen LogP) is 0.110. The third-order valence-corrected chi connectivity index (χ3v) is 3.08. The second-order valence-corrected chi connectivity index (χ2v) is 4.82. The molecule has 18 heavy (non-hydrogen) atoms. The van der Waals surface area contributed by atoms with Gasteiger partial charge in [0.05, 0.1) is 6.04 Å². The maximum absolute atomic E-state index is 11.7. The molecule has 1 rings (SSSR count). The van der Waals surface area contributed by atoms with Gasteiger partial charge in [0, 0.05) is 13.7 Å². The predicted molar refractivity (Wildman–Crippen MR) is 66.0 cm³/mol. The highest BCUT2D eigenvalue weighted by Gasteiger charge is 2.31. The van der Waals surface area contributed by atoms with E-state index < -0.39 is 18.1 Å². The maximum Gasteiger partial charge on any atom is 0.326 e. The van der Waals surface area contributed by atoms with Gasteiger partial charge in [0.2, 0.25) is 5.91 Å². The topological polar surface area (TPSA) is 102 Å².